The molecule has 0 aromatic heterocycles. The molecule has 0 spiro atoms. The highest BCUT2D eigenvalue weighted by Gasteiger charge is 2.23. The molecule has 32 heavy (non-hydrogen) atoms. The average Bonchev–Trinajstić information content (AvgIpc) is 2.76. The van der Waals surface area contributed by atoms with Crippen LogP contribution in [0.15, 0.2) is 29.3 Å². The SMILES string of the molecule is CN=C(NCC(C)CN1CCN(C)CC1)N1CCN(C(=O)Cc2cccc(Cl)c2)CC1.I. The monoisotopic (exact) mass is 576 g/mol. The van der Waals surface area contributed by atoms with Gasteiger partial charge in [-0.25, -0.2) is 0 Å². The van der Waals surface area contributed by atoms with Gasteiger partial charge in [0.05, 0.1) is 6.42 Å². The molecular weight excluding hydrogens is 539 g/mol. The van der Waals surface area contributed by atoms with E-state index in [4.69, 9.17) is 11.6 Å². The Kier molecular flexibility index (Phi) is 11.5. The Hall–Kier alpha value is -1.10. The van der Waals surface area contributed by atoms with Gasteiger partial charge in [0.25, 0.3) is 0 Å². The zero-order valence-corrected chi connectivity index (χ0v) is 22.7. The minimum absolute atomic E-state index is 0. The number of carbonyl (C=O) groups is 1. The molecule has 2 aliphatic rings. The molecule has 2 saturated heterocycles. The van der Waals surface area contributed by atoms with Gasteiger partial charge in [-0.05, 0) is 30.7 Å². The minimum atomic E-state index is 0. The van der Waals surface area contributed by atoms with Gasteiger partial charge < -0.3 is 24.9 Å². The molecule has 7 nitrogen and oxygen atoms in total. The van der Waals surface area contributed by atoms with Gasteiger partial charge in [0.2, 0.25) is 5.91 Å². The van der Waals surface area contributed by atoms with E-state index >= 15 is 0 Å². The van der Waals surface area contributed by atoms with Crippen LogP contribution in [0, 0.1) is 5.92 Å². The van der Waals surface area contributed by atoms with Crippen LogP contribution in [0.25, 0.3) is 0 Å². The van der Waals surface area contributed by atoms with Gasteiger partial charge in [0.1, 0.15) is 0 Å². The number of halogens is 2. The van der Waals surface area contributed by atoms with Crippen molar-refractivity contribution in [3.63, 3.8) is 0 Å². The summed E-state index contributed by atoms with van der Waals surface area (Å²) in [6, 6.07) is 7.54. The van der Waals surface area contributed by atoms with Gasteiger partial charge in [-0.1, -0.05) is 30.7 Å². The summed E-state index contributed by atoms with van der Waals surface area (Å²) in [5.41, 5.74) is 0.965. The molecule has 1 atom stereocenters. The van der Waals surface area contributed by atoms with E-state index in [0.29, 0.717) is 17.4 Å². The number of nitrogens with zero attached hydrogens (tertiary/aromatic N) is 5. The van der Waals surface area contributed by atoms with Gasteiger partial charge in [-0.15, -0.1) is 24.0 Å². The second-order valence-electron chi connectivity index (χ2n) is 8.81. The predicted octanol–water partition coefficient (Wildman–Crippen LogP) is 2.10. The van der Waals surface area contributed by atoms with Crippen LogP contribution in [0.3, 0.4) is 0 Å². The number of guanidine groups is 1. The summed E-state index contributed by atoms with van der Waals surface area (Å²) in [6.45, 7) is 12.0. The first-order valence-electron chi connectivity index (χ1n) is 11.3. The Morgan fingerprint density at radius 2 is 1.75 bits per heavy atom. The average molecular weight is 577 g/mol. The summed E-state index contributed by atoms with van der Waals surface area (Å²) in [4.78, 5) is 26.3. The van der Waals surface area contributed by atoms with Crippen LogP contribution in [0.5, 0.6) is 0 Å². The Bertz CT molecular complexity index is 748. The van der Waals surface area contributed by atoms with E-state index in [1.54, 1.807) is 0 Å². The number of aliphatic imine (C=N–C) groups is 1. The summed E-state index contributed by atoms with van der Waals surface area (Å²) < 4.78 is 0. The maximum atomic E-state index is 12.7. The second-order valence-corrected chi connectivity index (χ2v) is 9.25. The molecule has 2 aliphatic heterocycles. The zero-order valence-electron chi connectivity index (χ0n) is 19.6. The lowest BCUT2D eigenvalue weighted by Gasteiger charge is -2.37. The third kappa shape index (κ3) is 8.35. The fraction of sp³-hybridized carbons (Fsp3) is 0.652. The van der Waals surface area contributed by atoms with Crippen LogP contribution in [0.4, 0.5) is 0 Å². The zero-order chi connectivity index (χ0) is 22.2. The molecular formula is C23H38ClIN6O. The first-order valence-corrected chi connectivity index (χ1v) is 11.7. The van der Waals surface area contributed by atoms with E-state index in [0.717, 1.165) is 77.0 Å². The van der Waals surface area contributed by atoms with Gasteiger partial charge in [0, 0.05) is 77.5 Å². The number of carbonyl (C=O) groups excluding carboxylic acids is 1. The third-order valence-corrected chi connectivity index (χ3v) is 6.40. The van der Waals surface area contributed by atoms with Crippen molar-refractivity contribution in [3.8, 4) is 0 Å². The van der Waals surface area contributed by atoms with Crippen molar-refractivity contribution < 1.29 is 4.79 Å². The van der Waals surface area contributed by atoms with Crippen molar-refractivity contribution in [1.29, 1.82) is 0 Å². The largest absolute Gasteiger partial charge is 0.356 e. The van der Waals surface area contributed by atoms with E-state index in [1.165, 1.54) is 0 Å². The molecule has 1 N–H and O–H groups in total. The lowest BCUT2D eigenvalue weighted by atomic mass is 10.1. The van der Waals surface area contributed by atoms with E-state index in [1.807, 2.05) is 36.2 Å². The maximum Gasteiger partial charge on any atom is 0.227 e. The number of likely N-dealkylation sites (N-methyl/N-ethyl adjacent to an activating group) is 1. The van der Waals surface area contributed by atoms with Crippen molar-refractivity contribution in [3.05, 3.63) is 34.9 Å². The predicted molar refractivity (Wildman–Crippen MR) is 143 cm³/mol. The van der Waals surface area contributed by atoms with Crippen LogP contribution < -0.4 is 5.32 Å². The maximum absolute atomic E-state index is 12.7. The third-order valence-electron chi connectivity index (χ3n) is 6.16. The van der Waals surface area contributed by atoms with Gasteiger partial charge in [0.15, 0.2) is 5.96 Å². The molecule has 0 aliphatic carbocycles. The lowest BCUT2D eigenvalue weighted by molar-refractivity contribution is -0.131. The molecule has 2 heterocycles. The number of benzene rings is 1. The van der Waals surface area contributed by atoms with E-state index in [9.17, 15) is 4.79 Å². The molecule has 180 valence electrons. The molecule has 9 heteroatoms. The molecule has 0 bridgehead atoms. The molecule has 3 rings (SSSR count). The highest BCUT2D eigenvalue weighted by molar-refractivity contribution is 14.0. The molecule has 1 unspecified atom stereocenters. The van der Waals surface area contributed by atoms with Crippen LogP contribution in [-0.2, 0) is 11.2 Å². The van der Waals surface area contributed by atoms with E-state index in [2.05, 4.69) is 39.0 Å². The van der Waals surface area contributed by atoms with Crippen molar-refractivity contribution in [2.45, 2.75) is 13.3 Å². The molecule has 0 radical (unpaired) electrons. The van der Waals surface area contributed by atoms with Gasteiger partial charge in [-0.3, -0.25) is 9.79 Å². The lowest BCUT2D eigenvalue weighted by Crippen LogP contribution is -2.54. The van der Waals surface area contributed by atoms with Crippen LogP contribution in [0.2, 0.25) is 5.02 Å². The molecule has 0 saturated carbocycles. The summed E-state index contributed by atoms with van der Waals surface area (Å²) >= 11 is 6.04. The van der Waals surface area contributed by atoms with Crippen molar-refractivity contribution in [2.75, 3.05) is 79.5 Å². The normalized spacial score (nSPS) is 19.4. The summed E-state index contributed by atoms with van der Waals surface area (Å²) in [5.74, 6) is 1.65. The Balaban J connectivity index is 0.00000363. The van der Waals surface area contributed by atoms with Crippen LogP contribution >= 0.6 is 35.6 Å². The number of amides is 1. The van der Waals surface area contributed by atoms with Crippen molar-refractivity contribution in [2.24, 2.45) is 10.9 Å². The number of hydrogen-bond acceptors (Lipinski definition) is 4. The van der Waals surface area contributed by atoms with Crippen LogP contribution in [-0.4, -0.2) is 111 Å². The quantitative estimate of drug-likeness (QED) is 0.320. The van der Waals surface area contributed by atoms with Gasteiger partial charge >= 0.3 is 0 Å². The Morgan fingerprint density at radius 1 is 1.09 bits per heavy atom. The van der Waals surface area contributed by atoms with Crippen molar-refractivity contribution >= 4 is 47.4 Å². The Labute approximate surface area is 215 Å². The smallest absolute Gasteiger partial charge is 0.227 e. The highest BCUT2D eigenvalue weighted by atomic mass is 127. The van der Waals surface area contributed by atoms with Crippen LogP contribution in [0.1, 0.15) is 12.5 Å². The summed E-state index contributed by atoms with van der Waals surface area (Å²) in [6.07, 6.45) is 0.400. The summed E-state index contributed by atoms with van der Waals surface area (Å²) in [7, 11) is 4.03. The topological polar surface area (TPSA) is 54.4 Å². The first-order chi connectivity index (χ1) is 14.9. The fourth-order valence-corrected chi connectivity index (χ4v) is 4.45. The number of hydrogen-bond donors (Lipinski definition) is 1. The molecule has 2 fully saturated rings. The first kappa shape index (κ1) is 27.1. The number of rotatable bonds is 6. The van der Waals surface area contributed by atoms with E-state index in [-0.39, 0.29) is 29.9 Å². The molecule has 1 aromatic carbocycles. The number of piperazine rings is 2. The van der Waals surface area contributed by atoms with Gasteiger partial charge in [-0.2, -0.15) is 0 Å². The second kappa shape index (κ2) is 13.6. The number of nitrogens with one attached hydrogen (secondary N) is 1. The fourth-order valence-electron chi connectivity index (χ4n) is 4.23. The summed E-state index contributed by atoms with van der Waals surface area (Å²) in [5, 5.41) is 4.22. The molecule has 1 amide bonds. The minimum Gasteiger partial charge on any atom is -0.356 e. The molecule has 1 aromatic rings. The van der Waals surface area contributed by atoms with E-state index < -0.39 is 0 Å². The Morgan fingerprint density at radius 3 is 2.38 bits per heavy atom. The standard InChI is InChI=1S/C23H37ClN6O.HI/c1-19(18-28-9-7-27(3)8-10-28)17-26-23(25-2)30-13-11-29(12-14-30)22(31)16-20-5-4-6-21(24)15-20;/h4-6,15,19H,7-14,16-18H2,1-3H3,(H,25,26);1H. The van der Waals surface area contributed by atoms with Crippen molar-refractivity contribution in [1.82, 2.24) is 24.9 Å². The highest BCUT2D eigenvalue weighted by Crippen LogP contribution is 2.13.